The van der Waals surface area contributed by atoms with Gasteiger partial charge in [0.2, 0.25) is 5.91 Å². The van der Waals surface area contributed by atoms with Crippen LogP contribution >= 0.6 is 11.6 Å². The lowest BCUT2D eigenvalue weighted by atomic mass is 9.91. The van der Waals surface area contributed by atoms with Crippen LogP contribution < -0.4 is 21.1 Å². The molecule has 29 heavy (non-hydrogen) atoms. The van der Waals surface area contributed by atoms with E-state index >= 15 is 0 Å². The van der Waals surface area contributed by atoms with Gasteiger partial charge in [0.05, 0.1) is 18.4 Å². The van der Waals surface area contributed by atoms with Crippen LogP contribution in [0.3, 0.4) is 0 Å². The van der Waals surface area contributed by atoms with Crippen LogP contribution in [0.5, 0.6) is 0 Å². The van der Waals surface area contributed by atoms with Gasteiger partial charge in [0, 0.05) is 31.0 Å². The Morgan fingerprint density at radius 3 is 2.52 bits per heavy atom. The number of alkyl carbamates (subject to hydrolysis) is 1. The van der Waals surface area contributed by atoms with Crippen molar-refractivity contribution < 1.29 is 14.3 Å². The molecule has 1 aromatic heterocycles. The normalized spacial score (nSPS) is 24.4. The van der Waals surface area contributed by atoms with Crippen LogP contribution in [0.15, 0.2) is 11.0 Å². The first-order valence-electron chi connectivity index (χ1n) is 10.1. The molecular weight excluding hydrogens is 398 g/mol. The van der Waals surface area contributed by atoms with Gasteiger partial charge in [-0.1, -0.05) is 25.4 Å². The molecule has 1 aliphatic heterocycles. The third kappa shape index (κ3) is 5.62. The Labute approximate surface area is 174 Å². The Balaban J connectivity index is 1.41. The van der Waals surface area contributed by atoms with E-state index < -0.39 is 11.7 Å². The van der Waals surface area contributed by atoms with E-state index in [9.17, 15) is 14.4 Å². The highest BCUT2D eigenvalue weighted by Crippen LogP contribution is 2.26. The predicted molar refractivity (Wildman–Crippen MR) is 109 cm³/mol. The first-order valence-corrected chi connectivity index (χ1v) is 10.5. The number of carbonyl (C=O) groups is 2. The molecule has 1 atom stereocenters. The Hall–Kier alpha value is -2.29. The zero-order valence-corrected chi connectivity index (χ0v) is 17.5. The van der Waals surface area contributed by atoms with Crippen molar-refractivity contribution in [2.45, 2.75) is 64.1 Å². The van der Waals surface area contributed by atoms with Gasteiger partial charge in [-0.15, -0.1) is 0 Å². The average molecular weight is 426 g/mol. The number of carbonyl (C=O) groups excluding carboxylic acids is 2. The number of rotatable bonds is 5. The second kappa shape index (κ2) is 9.47. The fourth-order valence-electron chi connectivity index (χ4n) is 3.74. The maximum absolute atomic E-state index is 12.3. The number of nitrogens with zero attached hydrogens (tertiary/aromatic N) is 2. The number of amides is 2. The molecule has 2 fully saturated rings. The van der Waals surface area contributed by atoms with E-state index in [1.807, 2.05) is 18.7 Å². The molecule has 160 valence electrons. The molecule has 0 radical (unpaired) electrons. The number of aromatic nitrogens is 2. The summed E-state index contributed by atoms with van der Waals surface area (Å²) in [4.78, 5) is 37.6. The summed E-state index contributed by atoms with van der Waals surface area (Å²) in [5.74, 6) is 0.0500. The molecular formula is C19H28ClN5O4. The molecule has 9 nitrogen and oxygen atoms in total. The lowest BCUT2D eigenvalue weighted by molar-refractivity contribution is -0.124. The number of halogens is 1. The highest BCUT2D eigenvalue weighted by atomic mass is 35.5. The van der Waals surface area contributed by atoms with E-state index in [1.165, 1.54) is 6.20 Å². The molecule has 0 aromatic carbocycles. The Morgan fingerprint density at radius 2 is 1.86 bits per heavy atom. The number of H-pyrrole nitrogens is 1. The molecule has 1 aliphatic carbocycles. The van der Waals surface area contributed by atoms with Crippen molar-refractivity contribution in [3.05, 3.63) is 21.6 Å². The molecule has 0 unspecified atom stereocenters. The molecule has 10 heteroatoms. The lowest BCUT2D eigenvalue weighted by Gasteiger charge is -2.30. The van der Waals surface area contributed by atoms with Crippen LogP contribution in [0.2, 0.25) is 5.02 Å². The van der Waals surface area contributed by atoms with Gasteiger partial charge >= 0.3 is 6.09 Å². The van der Waals surface area contributed by atoms with Gasteiger partial charge in [0.15, 0.2) is 0 Å². The topological polar surface area (TPSA) is 116 Å². The summed E-state index contributed by atoms with van der Waals surface area (Å²) in [6.45, 7) is 4.85. The highest BCUT2D eigenvalue weighted by molar-refractivity contribution is 6.33. The second-order valence-electron chi connectivity index (χ2n) is 8.02. The van der Waals surface area contributed by atoms with Gasteiger partial charge in [0.1, 0.15) is 11.1 Å². The summed E-state index contributed by atoms with van der Waals surface area (Å²) >= 11 is 6.04. The summed E-state index contributed by atoms with van der Waals surface area (Å²) in [5, 5.41) is 12.1. The summed E-state index contributed by atoms with van der Waals surface area (Å²) in [5.41, 5.74) is 0.107. The summed E-state index contributed by atoms with van der Waals surface area (Å²) in [7, 11) is 0. The van der Waals surface area contributed by atoms with Gasteiger partial charge in [-0.05, 0) is 25.7 Å². The SMILES string of the molecule is CC(C)C(=O)NC1CCC(NC(=O)O[C@@H]2CCN(c3cn[nH]c(=O)c3Cl)C2)CC1. The molecule has 0 spiro atoms. The largest absolute Gasteiger partial charge is 0.444 e. The third-order valence-corrected chi connectivity index (χ3v) is 5.82. The number of anilines is 1. The monoisotopic (exact) mass is 425 g/mol. The number of aromatic amines is 1. The van der Waals surface area contributed by atoms with E-state index in [0.717, 1.165) is 25.7 Å². The summed E-state index contributed by atoms with van der Waals surface area (Å²) < 4.78 is 5.55. The van der Waals surface area contributed by atoms with Crippen LogP contribution in [0, 0.1) is 5.92 Å². The van der Waals surface area contributed by atoms with Crippen LogP contribution in [-0.4, -0.2) is 53.5 Å². The van der Waals surface area contributed by atoms with Crippen molar-refractivity contribution in [3.8, 4) is 0 Å². The van der Waals surface area contributed by atoms with Gasteiger partial charge in [-0.25, -0.2) is 9.89 Å². The molecule has 2 heterocycles. The van der Waals surface area contributed by atoms with Crippen molar-refractivity contribution in [2.24, 2.45) is 5.92 Å². The molecule has 2 aliphatic rings. The van der Waals surface area contributed by atoms with Gasteiger partial charge in [-0.2, -0.15) is 5.10 Å². The number of nitrogens with one attached hydrogen (secondary N) is 3. The van der Waals surface area contributed by atoms with Crippen LogP contribution in [0.1, 0.15) is 46.0 Å². The van der Waals surface area contributed by atoms with E-state index in [0.29, 0.717) is 25.2 Å². The zero-order valence-electron chi connectivity index (χ0n) is 16.7. The summed E-state index contributed by atoms with van der Waals surface area (Å²) in [6.07, 6.45) is 4.76. The van der Waals surface area contributed by atoms with Crippen molar-refractivity contribution in [1.82, 2.24) is 20.8 Å². The maximum atomic E-state index is 12.3. The van der Waals surface area contributed by atoms with E-state index in [1.54, 1.807) is 0 Å². The maximum Gasteiger partial charge on any atom is 0.407 e. The van der Waals surface area contributed by atoms with Crippen molar-refractivity contribution >= 4 is 29.3 Å². The van der Waals surface area contributed by atoms with E-state index in [2.05, 4.69) is 20.8 Å². The Bertz CT molecular complexity index is 791. The number of hydrogen-bond acceptors (Lipinski definition) is 6. The highest BCUT2D eigenvalue weighted by Gasteiger charge is 2.29. The van der Waals surface area contributed by atoms with Gasteiger partial charge in [-0.3, -0.25) is 9.59 Å². The predicted octanol–water partition coefficient (Wildman–Crippen LogP) is 1.81. The Kier molecular flexibility index (Phi) is 7.00. The molecule has 3 N–H and O–H groups in total. The first-order chi connectivity index (χ1) is 13.8. The molecule has 1 aromatic rings. The fraction of sp³-hybridized carbons (Fsp3) is 0.684. The van der Waals surface area contributed by atoms with Crippen LogP contribution in [0.4, 0.5) is 10.5 Å². The molecule has 1 saturated heterocycles. The van der Waals surface area contributed by atoms with E-state index in [4.69, 9.17) is 16.3 Å². The lowest BCUT2D eigenvalue weighted by Crippen LogP contribution is -2.45. The number of ether oxygens (including phenoxy) is 1. The van der Waals surface area contributed by atoms with Crippen molar-refractivity contribution in [2.75, 3.05) is 18.0 Å². The number of hydrogen-bond donors (Lipinski definition) is 3. The molecule has 2 amide bonds. The standard InChI is InChI=1S/C19H28ClN5O4/c1-11(2)17(26)22-12-3-5-13(6-4-12)23-19(28)29-14-7-8-25(10-14)15-9-21-24-18(27)16(15)20/h9,11-14H,3-8,10H2,1-2H3,(H,22,26)(H,23,28)(H,24,27)/t12?,13?,14-/m1/s1. The fourth-order valence-corrected chi connectivity index (χ4v) is 3.95. The third-order valence-electron chi connectivity index (χ3n) is 5.46. The first kappa shape index (κ1) is 21.4. The molecule has 3 rings (SSSR count). The zero-order chi connectivity index (χ0) is 21.0. The van der Waals surface area contributed by atoms with Crippen LogP contribution in [-0.2, 0) is 9.53 Å². The Morgan fingerprint density at radius 1 is 1.21 bits per heavy atom. The van der Waals surface area contributed by atoms with Crippen molar-refractivity contribution in [3.63, 3.8) is 0 Å². The van der Waals surface area contributed by atoms with Gasteiger partial charge in [0.25, 0.3) is 5.56 Å². The summed E-state index contributed by atoms with van der Waals surface area (Å²) in [6, 6.07) is 0.230. The minimum Gasteiger partial charge on any atom is -0.444 e. The average Bonchev–Trinajstić information content (AvgIpc) is 3.13. The van der Waals surface area contributed by atoms with E-state index in [-0.39, 0.29) is 35.0 Å². The molecule has 1 saturated carbocycles. The smallest absolute Gasteiger partial charge is 0.407 e. The minimum atomic E-state index is -0.438. The van der Waals surface area contributed by atoms with Gasteiger partial charge < -0.3 is 20.3 Å². The quantitative estimate of drug-likeness (QED) is 0.662. The second-order valence-corrected chi connectivity index (χ2v) is 8.39. The van der Waals surface area contributed by atoms with Crippen LogP contribution in [0.25, 0.3) is 0 Å². The molecule has 0 bridgehead atoms. The minimum absolute atomic E-state index is 0.0216. The van der Waals surface area contributed by atoms with Crippen molar-refractivity contribution in [1.29, 1.82) is 0 Å².